The highest BCUT2D eigenvalue weighted by atomic mass is 16.6. The van der Waals surface area contributed by atoms with Gasteiger partial charge in [0.2, 0.25) is 0 Å². The van der Waals surface area contributed by atoms with Crippen molar-refractivity contribution in [1.82, 2.24) is 9.88 Å². The second-order valence-electron chi connectivity index (χ2n) is 6.38. The molecule has 0 spiro atoms. The van der Waals surface area contributed by atoms with Crippen LogP contribution in [0.25, 0.3) is 10.9 Å². The average Bonchev–Trinajstić information content (AvgIpc) is 3.07. The summed E-state index contributed by atoms with van der Waals surface area (Å²) in [5, 5.41) is 8.83. The molecule has 4 rings (SSSR count). The molecule has 0 saturated carbocycles. The van der Waals surface area contributed by atoms with E-state index in [2.05, 4.69) is 16.9 Å². The number of nitrogens with one attached hydrogen (secondary N) is 1. The third kappa shape index (κ3) is 3.12. The Kier molecular flexibility index (Phi) is 4.80. The molecule has 0 amide bonds. The fourth-order valence-electron chi connectivity index (χ4n) is 3.91. The van der Waals surface area contributed by atoms with E-state index in [9.17, 15) is 4.79 Å². The Morgan fingerprint density at radius 2 is 1.92 bits per heavy atom. The summed E-state index contributed by atoms with van der Waals surface area (Å²) in [6, 6.07) is 9.02. The molecule has 7 nitrogen and oxygen atoms in total. The summed E-state index contributed by atoms with van der Waals surface area (Å²) in [6.45, 7) is 0. The maximum Gasteiger partial charge on any atom is 0.340 e. The molecule has 2 N–H and O–H groups in total. The van der Waals surface area contributed by atoms with Gasteiger partial charge in [-0.15, -0.1) is 4.91 Å². The van der Waals surface area contributed by atoms with Gasteiger partial charge < -0.3 is 19.8 Å². The third-order valence-corrected chi connectivity index (χ3v) is 5.14. The number of fused-ring (bicyclic) bond motifs is 3. The molecular weight excluding hydrogens is 310 g/mol. The van der Waals surface area contributed by atoms with Crippen LogP contribution in [0.5, 0.6) is 0 Å². The molecule has 2 aromatic rings. The van der Waals surface area contributed by atoms with E-state index in [4.69, 9.17) is 14.9 Å². The Morgan fingerprint density at radius 3 is 2.58 bits per heavy atom. The molecule has 2 bridgehead atoms. The summed E-state index contributed by atoms with van der Waals surface area (Å²) in [4.78, 5) is 26.1. The third-order valence-electron chi connectivity index (χ3n) is 5.14. The van der Waals surface area contributed by atoms with Crippen LogP contribution in [0.4, 0.5) is 0 Å². The van der Waals surface area contributed by atoms with Crippen molar-refractivity contribution in [2.75, 3.05) is 7.05 Å². The first-order valence-electron chi connectivity index (χ1n) is 8.09. The standard InChI is InChI=1S/C17H20N2O2.HNO2/c1-19-11-6-7-12(19)9-13(8-11)21-17(20)15-10-18-16-5-3-2-4-14(15)16;2-1-3/h2-5,10-13,18H,6-9H2,1H3;(H,2,3)/t11-,12-;/m0./s1. The molecule has 7 heteroatoms. The number of hydrogen-bond donors (Lipinski definition) is 2. The van der Waals surface area contributed by atoms with Crippen molar-refractivity contribution < 1.29 is 14.7 Å². The first-order valence-corrected chi connectivity index (χ1v) is 8.09. The zero-order valence-electron chi connectivity index (χ0n) is 13.5. The number of aromatic amines is 1. The van der Waals surface area contributed by atoms with Gasteiger partial charge in [-0.25, -0.2) is 4.79 Å². The van der Waals surface area contributed by atoms with Crippen LogP contribution < -0.4 is 0 Å². The molecule has 3 heterocycles. The van der Waals surface area contributed by atoms with Crippen molar-refractivity contribution in [1.29, 1.82) is 0 Å². The number of hydrogen-bond acceptors (Lipinski definition) is 5. The zero-order chi connectivity index (χ0) is 17.1. The van der Waals surface area contributed by atoms with Crippen molar-refractivity contribution in [3.63, 3.8) is 0 Å². The lowest BCUT2D eigenvalue weighted by Crippen LogP contribution is -2.43. The van der Waals surface area contributed by atoms with E-state index in [1.54, 1.807) is 6.20 Å². The first-order chi connectivity index (χ1) is 11.6. The maximum atomic E-state index is 12.4. The summed E-state index contributed by atoms with van der Waals surface area (Å²) < 4.78 is 5.79. The lowest BCUT2D eigenvalue weighted by molar-refractivity contribution is -0.000259. The van der Waals surface area contributed by atoms with Crippen molar-refractivity contribution in [2.24, 2.45) is 5.34 Å². The summed E-state index contributed by atoms with van der Waals surface area (Å²) in [6.07, 6.45) is 6.25. The van der Waals surface area contributed by atoms with E-state index < -0.39 is 0 Å². The second kappa shape index (κ2) is 7.00. The normalized spacial score (nSPS) is 25.8. The average molecular weight is 331 g/mol. The highest BCUT2D eigenvalue weighted by Crippen LogP contribution is 2.35. The van der Waals surface area contributed by atoms with Crippen molar-refractivity contribution in [3.8, 4) is 0 Å². The lowest BCUT2D eigenvalue weighted by Gasteiger charge is -2.35. The summed E-state index contributed by atoms with van der Waals surface area (Å²) in [5.41, 5.74) is 1.63. The molecule has 1 aromatic carbocycles. The predicted molar refractivity (Wildman–Crippen MR) is 88.9 cm³/mol. The van der Waals surface area contributed by atoms with E-state index in [1.165, 1.54) is 18.2 Å². The Labute approximate surface area is 139 Å². The van der Waals surface area contributed by atoms with Crippen molar-refractivity contribution in [3.05, 3.63) is 40.9 Å². The number of H-pyrrole nitrogens is 1. The fraction of sp³-hybridized carbons (Fsp3) is 0.471. The number of piperidine rings is 1. The number of benzene rings is 1. The van der Waals surface area contributed by atoms with Crippen LogP contribution in [0.1, 0.15) is 36.0 Å². The number of carbonyl (C=O) groups is 1. The number of ether oxygens (including phenoxy) is 1. The number of aromatic nitrogens is 1. The van der Waals surface area contributed by atoms with Gasteiger partial charge in [-0.1, -0.05) is 18.2 Å². The van der Waals surface area contributed by atoms with Crippen LogP contribution in [0, 0.1) is 4.91 Å². The Morgan fingerprint density at radius 1 is 1.29 bits per heavy atom. The van der Waals surface area contributed by atoms with Gasteiger partial charge in [-0.3, -0.25) is 0 Å². The van der Waals surface area contributed by atoms with Gasteiger partial charge in [0.05, 0.1) is 5.56 Å². The van der Waals surface area contributed by atoms with Crippen molar-refractivity contribution in [2.45, 2.75) is 43.9 Å². The first kappa shape index (κ1) is 16.4. The molecule has 0 aliphatic carbocycles. The number of rotatable bonds is 2. The molecule has 1 aromatic heterocycles. The predicted octanol–water partition coefficient (Wildman–Crippen LogP) is 3.09. The minimum atomic E-state index is -0.193. The van der Waals surface area contributed by atoms with Gasteiger partial charge in [0.1, 0.15) is 6.10 Å². The zero-order valence-corrected chi connectivity index (χ0v) is 13.5. The molecule has 2 aliphatic heterocycles. The number of para-hydroxylation sites is 1. The van der Waals surface area contributed by atoms with Gasteiger partial charge in [-0.05, 0) is 26.0 Å². The molecule has 0 unspecified atom stereocenters. The summed E-state index contributed by atoms with van der Waals surface area (Å²) in [5.74, 6) is -0.193. The molecule has 24 heavy (non-hydrogen) atoms. The van der Waals surface area contributed by atoms with Crippen LogP contribution in [0.15, 0.2) is 35.8 Å². The monoisotopic (exact) mass is 331 g/mol. The summed E-state index contributed by atoms with van der Waals surface area (Å²) >= 11 is 0. The fourth-order valence-corrected chi connectivity index (χ4v) is 3.91. The lowest BCUT2D eigenvalue weighted by atomic mass is 10.0. The topological polar surface area (TPSA) is 95.0 Å². The Balaban J connectivity index is 0.000000526. The van der Waals surface area contributed by atoms with Gasteiger partial charge in [0.15, 0.2) is 5.34 Å². The van der Waals surface area contributed by atoms with Crippen molar-refractivity contribution >= 4 is 16.9 Å². The maximum absolute atomic E-state index is 12.4. The van der Waals surface area contributed by atoms with Crippen LogP contribution in [-0.4, -0.2) is 46.3 Å². The van der Waals surface area contributed by atoms with Gasteiger partial charge in [0, 0.05) is 42.0 Å². The largest absolute Gasteiger partial charge is 0.459 e. The number of carbonyl (C=O) groups excluding carboxylic acids is 1. The minimum Gasteiger partial charge on any atom is -0.459 e. The van der Waals surface area contributed by atoms with Gasteiger partial charge in [0.25, 0.3) is 0 Å². The van der Waals surface area contributed by atoms with E-state index in [-0.39, 0.29) is 12.1 Å². The molecular formula is C17H21N3O4. The quantitative estimate of drug-likeness (QED) is 0.501. The van der Waals surface area contributed by atoms with Crippen LogP contribution >= 0.6 is 0 Å². The highest BCUT2D eigenvalue weighted by molar-refractivity contribution is 6.04. The smallest absolute Gasteiger partial charge is 0.340 e. The van der Waals surface area contributed by atoms with Crippen LogP contribution in [0.2, 0.25) is 0 Å². The molecule has 128 valence electrons. The SMILES string of the molecule is CN1[C@H]2CC[C@H]1CC(OC(=O)c1c[nH]c3ccccc13)C2.O=NO. The molecule has 2 atom stereocenters. The molecule has 2 aliphatic rings. The molecule has 2 fully saturated rings. The Bertz CT molecular complexity index is 715. The van der Waals surface area contributed by atoms with E-state index in [0.29, 0.717) is 17.6 Å². The highest BCUT2D eigenvalue weighted by Gasteiger charge is 2.40. The van der Waals surface area contributed by atoms with E-state index in [1.807, 2.05) is 24.3 Å². The number of esters is 1. The van der Waals surface area contributed by atoms with Gasteiger partial charge in [-0.2, -0.15) is 0 Å². The molecule has 0 radical (unpaired) electrons. The van der Waals surface area contributed by atoms with E-state index in [0.717, 1.165) is 23.7 Å². The molecule has 2 saturated heterocycles. The van der Waals surface area contributed by atoms with Gasteiger partial charge >= 0.3 is 5.97 Å². The second-order valence-corrected chi connectivity index (χ2v) is 6.38. The van der Waals surface area contributed by atoms with Crippen LogP contribution in [0.3, 0.4) is 0 Å². The number of nitrogens with zero attached hydrogens (tertiary/aromatic N) is 2. The minimum absolute atomic E-state index is 0.0693. The Hall–Kier alpha value is -2.41. The van der Waals surface area contributed by atoms with E-state index >= 15 is 0 Å². The summed E-state index contributed by atoms with van der Waals surface area (Å²) in [7, 11) is 2.19. The van der Waals surface area contributed by atoms with Crippen LogP contribution in [-0.2, 0) is 4.74 Å².